The zero-order chi connectivity index (χ0) is 11.3. The Hall–Kier alpha value is -0.860. The zero-order valence-electron chi connectivity index (χ0n) is 10.0. The third-order valence-corrected chi connectivity index (χ3v) is 2.46. The molecule has 0 aromatic heterocycles. The number of hydrogen-bond donors (Lipinski definition) is 1. The molecule has 1 N–H and O–H groups in total. The number of likely N-dealkylation sites (N-methyl/N-ethyl adjacent to an activating group) is 1. The minimum atomic E-state index is 0.121. The van der Waals surface area contributed by atoms with E-state index in [4.69, 9.17) is 4.74 Å². The van der Waals surface area contributed by atoms with Gasteiger partial charge in [0.1, 0.15) is 0 Å². The van der Waals surface area contributed by atoms with Gasteiger partial charge in [-0.3, -0.25) is 0 Å². The van der Waals surface area contributed by atoms with Crippen LogP contribution in [0.1, 0.15) is 32.4 Å². The van der Waals surface area contributed by atoms with Crippen molar-refractivity contribution in [1.29, 1.82) is 0 Å². The van der Waals surface area contributed by atoms with Gasteiger partial charge in [0, 0.05) is 6.04 Å². The van der Waals surface area contributed by atoms with Crippen molar-refractivity contribution in [2.45, 2.75) is 39.0 Å². The highest BCUT2D eigenvalue weighted by Crippen LogP contribution is 2.22. The topological polar surface area (TPSA) is 21.3 Å². The van der Waals surface area contributed by atoms with Gasteiger partial charge in [-0.1, -0.05) is 30.3 Å². The highest BCUT2D eigenvalue weighted by Gasteiger charge is 2.19. The van der Waals surface area contributed by atoms with Crippen LogP contribution in [0.25, 0.3) is 0 Å². The van der Waals surface area contributed by atoms with E-state index >= 15 is 0 Å². The van der Waals surface area contributed by atoms with E-state index in [-0.39, 0.29) is 12.2 Å². The average molecular weight is 207 g/mol. The zero-order valence-corrected chi connectivity index (χ0v) is 10.0. The number of ether oxygens (including phenoxy) is 1. The molecule has 2 atom stereocenters. The normalized spacial score (nSPS) is 15.3. The summed E-state index contributed by atoms with van der Waals surface area (Å²) in [6.07, 6.45) is 0.363. The van der Waals surface area contributed by atoms with E-state index < -0.39 is 0 Å². The highest BCUT2D eigenvalue weighted by molar-refractivity contribution is 5.19. The van der Waals surface area contributed by atoms with Crippen LogP contribution in [0.4, 0.5) is 0 Å². The Morgan fingerprint density at radius 3 is 2.13 bits per heavy atom. The van der Waals surface area contributed by atoms with Gasteiger partial charge < -0.3 is 10.1 Å². The average Bonchev–Trinajstić information content (AvgIpc) is 2.26. The summed E-state index contributed by atoms with van der Waals surface area (Å²) < 4.78 is 5.93. The summed E-state index contributed by atoms with van der Waals surface area (Å²) in [6.45, 7) is 6.27. The Morgan fingerprint density at radius 1 is 1.07 bits per heavy atom. The molecule has 0 saturated heterocycles. The summed E-state index contributed by atoms with van der Waals surface area (Å²) in [5, 5.41) is 3.24. The predicted molar refractivity (Wildman–Crippen MR) is 63.9 cm³/mol. The van der Waals surface area contributed by atoms with Gasteiger partial charge in [-0.05, 0) is 33.4 Å². The van der Waals surface area contributed by atoms with E-state index in [1.165, 1.54) is 5.56 Å². The van der Waals surface area contributed by atoms with Crippen LogP contribution in [0.2, 0.25) is 0 Å². The van der Waals surface area contributed by atoms with E-state index in [9.17, 15) is 0 Å². The second-order valence-corrected chi connectivity index (χ2v) is 4.09. The molecule has 0 fully saturated rings. The first-order valence-corrected chi connectivity index (χ1v) is 5.52. The lowest BCUT2D eigenvalue weighted by Crippen LogP contribution is -2.32. The molecule has 1 aromatic rings. The summed E-state index contributed by atoms with van der Waals surface area (Å²) >= 11 is 0. The van der Waals surface area contributed by atoms with Crippen molar-refractivity contribution < 1.29 is 4.74 Å². The van der Waals surface area contributed by atoms with Crippen molar-refractivity contribution in [3.8, 4) is 0 Å². The summed E-state index contributed by atoms with van der Waals surface area (Å²) in [6, 6.07) is 10.7. The Balaban J connectivity index is 2.81. The van der Waals surface area contributed by atoms with Crippen LogP contribution in [0.15, 0.2) is 30.3 Å². The molecule has 0 saturated carbocycles. The van der Waals surface area contributed by atoms with Crippen molar-refractivity contribution in [2.75, 3.05) is 7.05 Å². The van der Waals surface area contributed by atoms with Gasteiger partial charge in [0.15, 0.2) is 0 Å². The molecule has 0 amide bonds. The molecular formula is C13H21NO. The molecule has 2 nitrogen and oxygen atoms in total. The Kier molecular flexibility index (Phi) is 4.79. The molecule has 0 unspecified atom stereocenters. The molecule has 0 bridgehead atoms. The smallest absolute Gasteiger partial charge is 0.0978 e. The van der Waals surface area contributed by atoms with Crippen molar-refractivity contribution in [3.63, 3.8) is 0 Å². The molecule has 0 spiro atoms. The van der Waals surface area contributed by atoms with Crippen LogP contribution < -0.4 is 5.32 Å². The standard InChI is InChI=1S/C13H21NO/c1-10(2)15-13(11(3)14-4)12-8-6-5-7-9-12/h5-11,13-14H,1-4H3/t11-,13-/m1/s1. The first-order chi connectivity index (χ1) is 7.15. The second-order valence-electron chi connectivity index (χ2n) is 4.09. The Bertz CT molecular complexity index is 271. The molecule has 0 aliphatic heterocycles. The molecule has 2 heteroatoms. The largest absolute Gasteiger partial charge is 0.369 e. The molecule has 1 aromatic carbocycles. The maximum Gasteiger partial charge on any atom is 0.0978 e. The lowest BCUT2D eigenvalue weighted by molar-refractivity contribution is -0.0108. The van der Waals surface area contributed by atoms with Crippen LogP contribution in [-0.4, -0.2) is 19.2 Å². The van der Waals surface area contributed by atoms with E-state index in [1.807, 2.05) is 13.1 Å². The predicted octanol–water partition coefficient (Wildman–Crippen LogP) is 2.76. The fourth-order valence-corrected chi connectivity index (χ4v) is 1.57. The van der Waals surface area contributed by atoms with Gasteiger partial charge >= 0.3 is 0 Å². The lowest BCUT2D eigenvalue weighted by atomic mass is 10.0. The SMILES string of the molecule is CN[C@H](C)[C@@H](OC(C)C)c1ccccc1. The molecule has 0 heterocycles. The minimum Gasteiger partial charge on any atom is -0.369 e. The van der Waals surface area contributed by atoms with E-state index in [0.29, 0.717) is 6.04 Å². The van der Waals surface area contributed by atoms with Crippen LogP contribution in [0, 0.1) is 0 Å². The first-order valence-electron chi connectivity index (χ1n) is 5.52. The second kappa shape index (κ2) is 5.89. The van der Waals surface area contributed by atoms with E-state index in [2.05, 4.69) is 50.4 Å². The fraction of sp³-hybridized carbons (Fsp3) is 0.538. The first kappa shape index (κ1) is 12.2. The van der Waals surface area contributed by atoms with Crippen LogP contribution >= 0.6 is 0 Å². The molecule has 0 aliphatic carbocycles. The quantitative estimate of drug-likeness (QED) is 0.801. The molecular weight excluding hydrogens is 186 g/mol. The van der Waals surface area contributed by atoms with Crippen molar-refractivity contribution in [2.24, 2.45) is 0 Å². The summed E-state index contributed by atoms with van der Waals surface area (Å²) in [7, 11) is 1.96. The third kappa shape index (κ3) is 3.65. The summed E-state index contributed by atoms with van der Waals surface area (Å²) in [5.74, 6) is 0. The number of rotatable bonds is 5. The number of nitrogens with one attached hydrogen (secondary N) is 1. The summed E-state index contributed by atoms with van der Waals surface area (Å²) in [5.41, 5.74) is 1.23. The van der Waals surface area contributed by atoms with Crippen molar-refractivity contribution >= 4 is 0 Å². The number of hydrogen-bond acceptors (Lipinski definition) is 2. The molecule has 1 rings (SSSR count). The molecule has 84 valence electrons. The van der Waals surface area contributed by atoms with Gasteiger partial charge in [-0.15, -0.1) is 0 Å². The highest BCUT2D eigenvalue weighted by atomic mass is 16.5. The van der Waals surface area contributed by atoms with Gasteiger partial charge in [-0.25, -0.2) is 0 Å². The third-order valence-electron chi connectivity index (χ3n) is 2.46. The summed E-state index contributed by atoms with van der Waals surface area (Å²) in [4.78, 5) is 0. The number of benzene rings is 1. The fourth-order valence-electron chi connectivity index (χ4n) is 1.57. The Morgan fingerprint density at radius 2 is 1.67 bits per heavy atom. The lowest BCUT2D eigenvalue weighted by Gasteiger charge is -2.26. The molecule has 0 aliphatic rings. The van der Waals surface area contributed by atoms with Gasteiger partial charge in [-0.2, -0.15) is 0 Å². The van der Waals surface area contributed by atoms with Crippen LogP contribution in [0.3, 0.4) is 0 Å². The van der Waals surface area contributed by atoms with Crippen LogP contribution in [0.5, 0.6) is 0 Å². The molecule has 0 radical (unpaired) electrons. The monoisotopic (exact) mass is 207 g/mol. The Labute approximate surface area is 92.6 Å². The maximum absolute atomic E-state index is 5.93. The van der Waals surface area contributed by atoms with Crippen molar-refractivity contribution in [3.05, 3.63) is 35.9 Å². The van der Waals surface area contributed by atoms with Crippen molar-refractivity contribution in [1.82, 2.24) is 5.32 Å². The van der Waals surface area contributed by atoms with Gasteiger partial charge in [0.05, 0.1) is 12.2 Å². The van der Waals surface area contributed by atoms with E-state index in [0.717, 1.165) is 0 Å². The maximum atomic E-state index is 5.93. The minimum absolute atomic E-state index is 0.121. The van der Waals surface area contributed by atoms with Gasteiger partial charge in [0.2, 0.25) is 0 Å². The van der Waals surface area contributed by atoms with Crippen LogP contribution in [-0.2, 0) is 4.74 Å². The molecule has 15 heavy (non-hydrogen) atoms. The van der Waals surface area contributed by atoms with Gasteiger partial charge in [0.25, 0.3) is 0 Å². The van der Waals surface area contributed by atoms with E-state index in [1.54, 1.807) is 0 Å².